The summed E-state index contributed by atoms with van der Waals surface area (Å²) >= 11 is 0. The number of hydrogen-bond donors (Lipinski definition) is 2. The van der Waals surface area contributed by atoms with E-state index >= 15 is 0 Å². The Labute approximate surface area is 104 Å². The third kappa shape index (κ3) is 3.42. The van der Waals surface area contributed by atoms with Crippen molar-refractivity contribution in [2.75, 3.05) is 32.7 Å². The van der Waals surface area contributed by atoms with Gasteiger partial charge in [0.15, 0.2) is 0 Å². The second kappa shape index (κ2) is 6.36. The van der Waals surface area contributed by atoms with E-state index < -0.39 is 0 Å². The number of hydrogen-bond acceptors (Lipinski definition) is 3. The molecule has 0 radical (unpaired) electrons. The van der Waals surface area contributed by atoms with Crippen LogP contribution in [0.15, 0.2) is 0 Å². The number of carbonyl (C=O) groups is 1. The molecule has 0 spiro atoms. The lowest BCUT2D eigenvalue weighted by molar-refractivity contribution is -0.129. The molecule has 1 amide bonds. The molecular formula is C13H25N3O. The fourth-order valence-corrected chi connectivity index (χ4v) is 2.99. The summed E-state index contributed by atoms with van der Waals surface area (Å²) in [7, 11) is 0. The van der Waals surface area contributed by atoms with Gasteiger partial charge in [-0.25, -0.2) is 0 Å². The first kappa shape index (κ1) is 12.8. The standard InChI is InChI=1S/C13H25N3O/c1-2-12-13(17)15-8-10-16(12)9-5-11-3-6-14-7-4-11/h11-12,14H,2-10H2,1H3,(H,15,17). The molecule has 2 N–H and O–H groups in total. The molecule has 2 saturated heterocycles. The quantitative estimate of drug-likeness (QED) is 0.754. The molecule has 0 aromatic heterocycles. The lowest BCUT2D eigenvalue weighted by Gasteiger charge is -2.35. The van der Waals surface area contributed by atoms with Gasteiger partial charge in [-0.3, -0.25) is 9.69 Å². The Morgan fingerprint density at radius 2 is 2.06 bits per heavy atom. The fraction of sp³-hybridized carbons (Fsp3) is 0.923. The van der Waals surface area contributed by atoms with Crippen molar-refractivity contribution in [2.45, 2.75) is 38.6 Å². The minimum atomic E-state index is 0.116. The summed E-state index contributed by atoms with van der Waals surface area (Å²) in [4.78, 5) is 14.1. The first-order chi connectivity index (χ1) is 8.31. The molecule has 0 aromatic carbocycles. The van der Waals surface area contributed by atoms with Crippen LogP contribution in [-0.2, 0) is 4.79 Å². The summed E-state index contributed by atoms with van der Waals surface area (Å²) in [5.41, 5.74) is 0. The number of piperazine rings is 1. The molecule has 2 heterocycles. The monoisotopic (exact) mass is 239 g/mol. The molecule has 2 aliphatic rings. The Morgan fingerprint density at radius 1 is 1.29 bits per heavy atom. The molecule has 0 saturated carbocycles. The second-order valence-electron chi connectivity index (χ2n) is 5.23. The van der Waals surface area contributed by atoms with E-state index in [2.05, 4.69) is 22.5 Å². The fourth-order valence-electron chi connectivity index (χ4n) is 2.99. The van der Waals surface area contributed by atoms with E-state index in [9.17, 15) is 4.79 Å². The number of nitrogens with zero attached hydrogens (tertiary/aromatic N) is 1. The van der Waals surface area contributed by atoms with Crippen molar-refractivity contribution in [3.63, 3.8) is 0 Å². The Bertz CT molecular complexity index is 251. The lowest BCUT2D eigenvalue weighted by Crippen LogP contribution is -2.55. The molecule has 0 aliphatic carbocycles. The van der Waals surface area contributed by atoms with Crippen LogP contribution in [-0.4, -0.2) is 49.6 Å². The van der Waals surface area contributed by atoms with Crippen molar-refractivity contribution in [2.24, 2.45) is 5.92 Å². The maximum absolute atomic E-state index is 11.7. The average Bonchev–Trinajstić information content (AvgIpc) is 2.37. The Hall–Kier alpha value is -0.610. The van der Waals surface area contributed by atoms with Crippen molar-refractivity contribution in [3.8, 4) is 0 Å². The molecule has 1 unspecified atom stereocenters. The van der Waals surface area contributed by atoms with Gasteiger partial charge in [-0.2, -0.15) is 0 Å². The van der Waals surface area contributed by atoms with Crippen LogP contribution >= 0.6 is 0 Å². The van der Waals surface area contributed by atoms with Crippen molar-refractivity contribution in [1.82, 2.24) is 15.5 Å². The average molecular weight is 239 g/mol. The zero-order valence-electron chi connectivity index (χ0n) is 10.9. The van der Waals surface area contributed by atoms with Gasteiger partial charge in [0.25, 0.3) is 0 Å². The molecular weight excluding hydrogens is 214 g/mol. The minimum absolute atomic E-state index is 0.116. The van der Waals surface area contributed by atoms with Crippen molar-refractivity contribution in [3.05, 3.63) is 0 Å². The molecule has 98 valence electrons. The highest BCUT2D eigenvalue weighted by molar-refractivity contribution is 5.82. The third-order valence-corrected chi connectivity index (χ3v) is 4.11. The van der Waals surface area contributed by atoms with Gasteiger partial charge in [-0.1, -0.05) is 6.92 Å². The molecule has 4 heteroatoms. The number of piperidine rings is 1. The topological polar surface area (TPSA) is 44.4 Å². The predicted molar refractivity (Wildman–Crippen MR) is 68.9 cm³/mol. The first-order valence-corrected chi connectivity index (χ1v) is 7.03. The number of nitrogens with one attached hydrogen (secondary N) is 2. The maximum Gasteiger partial charge on any atom is 0.237 e. The zero-order valence-corrected chi connectivity index (χ0v) is 10.9. The molecule has 17 heavy (non-hydrogen) atoms. The Balaban J connectivity index is 1.78. The van der Waals surface area contributed by atoms with E-state index in [0.717, 1.165) is 32.0 Å². The van der Waals surface area contributed by atoms with Gasteiger partial charge in [0, 0.05) is 13.1 Å². The molecule has 4 nitrogen and oxygen atoms in total. The van der Waals surface area contributed by atoms with E-state index in [4.69, 9.17) is 0 Å². The van der Waals surface area contributed by atoms with Crippen LogP contribution in [0.4, 0.5) is 0 Å². The smallest absolute Gasteiger partial charge is 0.237 e. The molecule has 2 fully saturated rings. The molecule has 0 bridgehead atoms. The largest absolute Gasteiger partial charge is 0.353 e. The zero-order chi connectivity index (χ0) is 12.1. The second-order valence-corrected chi connectivity index (χ2v) is 5.23. The highest BCUT2D eigenvalue weighted by Crippen LogP contribution is 2.18. The number of rotatable bonds is 4. The molecule has 2 aliphatic heterocycles. The van der Waals surface area contributed by atoms with E-state index in [0.29, 0.717) is 0 Å². The van der Waals surface area contributed by atoms with E-state index in [1.54, 1.807) is 0 Å². The Morgan fingerprint density at radius 3 is 2.76 bits per heavy atom. The highest BCUT2D eigenvalue weighted by Gasteiger charge is 2.28. The minimum Gasteiger partial charge on any atom is -0.353 e. The maximum atomic E-state index is 11.7. The van der Waals surface area contributed by atoms with Crippen LogP contribution in [0.5, 0.6) is 0 Å². The van der Waals surface area contributed by atoms with Crippen LogP contribution in [0.2, 0.25) is 0 Å². The highest BCUT2D eigenvalue weighted by atomic mass is 16.2. The number of amides is 1. The van der Waals surface area contributed by atoms with Crippen LogP contribution < -0.4 is 10.6 Å². The van der Waals surface area contributed by atoms with E-state index in [1.165, 1.54) is 32.4 Å². The van der Waals surface area contributed by atoms with Gasteiger partial charge in [0.2, 0.25) is 5.91 Å². The lowest BCUT2D eigenvalue weighted by atomic mass is 9.94. The van der Waals surface area contributed by atoms with Gasteiger partial charge < -0.3 is 10.6 Å². The van der Waals surface area contributed by atoms with E-state index in [-0.39, 0.29) is 11.9 Å². The Kier molecular flexibility index (Phi) is 4.80. The van der Waals surface area contributed by atoms with Crippen LogP contribution in [0.1, 0.15) is 32.6 Å². The molecule has 2 rings (SSSR count). The summed E-state index contributed by atoms with van der Waals surface area (Å²) in [6, 6.07) is 0.116. The van der Waals surface area contributed by atoms with Crippen LogP contribution in [0.25, 0.3) is 0 Å². The summed E-state index contributed by atoms with van der Waals surface area (Å²) < 4.78 is 0. The summed E-state index contributed by atoms with van der Waals surface area (Å²) in [6.45, 7) is 7.38. The normalized spacial score (nSPS) is 28.1. The van der Waals surface area contributed by atoms with Gasteiger partial charge in [-0.05, 0) is 51.2 Å². The molecule has 1 atom stereocenters. The van der Waals surface area contributed by atoms with Crippen LogP contribution in [0.3, 0.4) is 0 Å². The van der Waals surface area contributed by atoms with E-state index in [1.807, 2.05) is 0 Å². The van der Waals surface area contributed by atoms with Crippen molar-refractivity contribution >= 4 is 5.91 Å². The molecule has 0 aromatic rings. The summed E-state index contributed by atoms with van der Waals surface area (Å²) in [6.07, 6.45) is 4.79. The van der Waals surface area contributed by atoms with Gasteiger partial charge in [0.1, 0.15) is 0 Å². The van der Waals surface area contributed by atoms with Crippen molar-refractivity contribution < 1.29 is 4.79 Å². The third-order valence-electron chi connectivity index (χ3n) is 4.11. The summed E-state index contributed by atoms with van der Waals surface area (Å²) in [5.74, 6) is 1.09. The van der Waals surface area contributed by atoms with Crippen molar-refractivity contribution in [1.29, 1.82) is 0 Å². The van der Waals surface area contributed by atoms with Gasteiger partial charge >= 0.3 is 0 Å². The summed E-state index contributed by atoms with van der Waals surface area (Å²) in [5, 5.41) is 6.36. The van der Waals surface area contributed by atoms with Gasteiger partial charge in [0.05, 0.1) is 6.04 Å². The first-order valence-electron chi connectivity index (χ1n) is 7.03. The number of carbonyl (C=O) groups excluding carboxylic acids is 1. The SMILES string of the molecule is CCC1C(=O)NCCN1CCC1CCNCC1. The predicted octanol–water partition coefficient (Wildman–Crippen LogP) is 0.587. The van der Waals surface area contributed by atoms with Crippen LogP contribution in [0, 0.1) is 5.92 Å². The van der Waals surface area contributed by atoms with Gasteiger partial charge in [-0.15, -0.1) is 0 Å².